The first-order chi connectivity index (χ1) is 13.4. The summed E-state index contributed by atoms with van der Waals surface area (Å²) in [6, 6.07) is 2.42. The van der Waals surface area contributed by atoms with Gasteiger partial charge in [-0.1, -0.05) is 13.8 Å². The summed E-state index contributed by atoms with van der Waals surface area (Å²) in [5.41, 5.74) is 1.03. The highest BCUT2D eigenvalue weighted by atomic mass is 16.1. The molecule has 148 valence electrons. The number of amides is 1. The maximum absolute atomic E-state index is 11.5. The number of hydrogen-bond donors (Lipinski definition) is 1. The highest BCUT2D eigenvalue weighted by Crippen LogP contribution is 2.60. The zero-order valence-corrected chi connectivity index (χ0v) is 16.7. The van der Waals surface area contributed by atoms with E-state index in [-0.39, 0.29) is 10.8 Å². The molecule has 5 rings (SSSR count). The molecule has 1 N–H and O–H groups in total. The Hall–Kier alpha value is -2.64. The number of anilines is 3. The lowest BCUT2D eigenvalue weighted by Gasteiger charge is -2.37. The van der Waals surface area contributed by atoms with E-state index in [0.29, 0.717) is 17.9 Å². The van der Waals surface area contributed by atoms with Crippen LogP contribution in [0, 0.1) is 16.7 Å². The topological polar surface area (TPSA) is 79.2 Å². The van der Waals surface area contributed by atoms with Crippen LogP contribution in [0.1, 0.15) is 26.7 Å². The molecule has 2 aliphatic heterocycles. The van der Waals surface area contributed by atoms with E-state index in [1.807, 2.05) is 30.4 Å². The number of carbonyl (C=O) groups excluding carboxylic acids is 1. The molecule has 0 spiro atoms. The molecule has 0 aromatic carbocycles. The van der Waals surface area contributed by atoms with Crippen LogP contribution in [0.4, 0.5) is 17.5 Å². The molecule has 1 saturated carbocycles. The zero-order chi connectivity index (χ0) is 19.5. The lowest BCUT2D eigenvalue weighted by atomic mass is 9.66. The van der Waals surface area contributed by atoms with E-state index in [9.17, 15) is 4.79 Å². The minimum Gasteiger partial charge on any atom is -0.352 e. The zero-order valence-electron chi connectivity index (χ0n) is 16.7. The normalized spacial score (nSPS) is 31.9. The predicted molar refractivity (Wildman–Crippen MR) is 106 cm³/mol. The van der Waals surface area contributed by atoms with Crippen molar-refractivity contribution in [3.63, 3.8) is 0 Å². The number of nitrogens with one attached hydrogen (secondary N) is 1. The van der Waals surface area contributed by atoms with Gasteiger partial charge in [-0.05, 0) is 24.8 Å². The van der Waals surface area contributed by atoms with Gasteiger partial charge in [-0.25, -0.2) is 4.98 Å². The van der Waals surface area contributed by atoms with Crippen LogP contribution in [-0.4, -0.2) is 56.7 Å². The van der Waals surface area contributed by atoms with E-state index < -0.39 is 0 Å². The van der Waals surface area contributed by atoms with Gasteiger partial charge in [0.2, 0.25) is 12.4 Å². The van der Waals surface area contributed by atoms with Crippen LogP contribution < -0.4 is 10.2 Å². The summed E-state index contributed by atoms with van der Waals surface area (Å²) >= 11 is 0. The maximum atomic E-state index is 11.5. The Morgan fingerprint density at radius 3 is 2.75 bits per heavy atom. The van der Waals surface area contributed by atoms with Crippen LogP contribution >= 0.6 is 0 Å². The van der Waals surface area contributed by atoms with Crippen molar-refractivity contribution in [3.05, 3.63) is 24.7 Å². The summed E-state index contributed by atoms with van der Waals surface area (Å²) in [6.07, 6.45) is 9.03. The summed E-state index contributed by atoms with van der Waals surface area (Å²) in [4.78, 5) is 25.1. The number of hydrogen-bond acceptors (Lipinski definition) is 6. The molecule has 0 radical (unpaired) electrons. The Balaban J connectivity index is 1.46. The summed E-state index contributed by atoms with van der Waals surface area (Å²) in [5.74, 6) is 2.23. The number of likely N-dealkylation sites (tertiary alicyclic amines) is 1. The highest BCUT2D eigenvalue weighted by molar-refractivity contribution is 5.55. The van der Waals surface area contributed by atoms with Crippen LogP contribution in [0.2, 0.25) is 0 Å². The first-order valence-corrected chi connectivity index (χ1v) is 9.97. The van der Waals surface area contributed by atoms with Crippen molar-refractivity contribution in [2.45, 2.75) is 32.7 Å². The smallest absolute Gasteiger partial charge is 0.229 e. The molecule has 28 heavy (non-hydrogen) atoms. The number of nitrogens with zero attached hydrogens (tertiary/aromatic N) is 6. The van der Waals surface area contributed by atoms with Crippen LogP contribution in [0.5, 0.6) is 0 Å². The third-order valence-corrected chi connectivity index (χ3v) is 7.08. The van der Waals surface area contributed by atoms with Gasteiger partial charge in [0.05, 0.1) is 11.9 Å². The molecule has 2 aromatic heterocycles. The average Bonchev–Trinajstić information content (AvgIpc) is 3.29. The van der Waals surface area contributed by atoms with Gasteiger partial charge in [0, 0.05) is 55.9 Å². The van der Waals surface area contributed by atoms with Crippen molar-refractivity contribution in [1.82, 2.24) is 24.6 Å². The molecule has 2 aromatic rings. The average molecular weight is 381 g/mol. The number of aryl methyl sites for hydroxylation is 1. The molecule has 8 heteroatoms. The minimum absolute atomic E-state index is 0.0725. The van der Waals surface area contributed by atoms with Crippen LogP contribution in [0.15, 0.2) is 24.7 Å². The summed E-state index contributed by atoms with van der Waals surface area (Å²) < 4.78 is 1.75. The summed E-state index contributed by atoms with van der Waals surface area (Å²) in [6.45, 7) is 7.27. The molecule has 8 nitrogen and oxygen atoms in total. The molecule has 1 unspecified atom stereocenters. The molecule has 4 heterocycles. The van der Waals surface area contributed by atoms with E-state index in [4.69, 9.17) is 4.98 Å². The summed E-state index contributed by atoms with van der Waals surface area (Å²) in [5, 5.41) is 7.43. The van der Waals surface area contributed by atoms with Crippen LogP contribution in [0.3, 0.4) is 0 Å². The maximum Gasteiger partial charge on any atom is 0.229 e. The first-order valence-electron chi connectivity index (χ1n) is 9.97. The van der Waals surface area contributed by atoms with Crippen molar-refractivity contribution in [1.29, 1.82) is 0 Å². The molecule has 3 atom stereocenters. The third-order valence-electron chi connectivity index (χ3n) is 7.08. The Labute approximate surface area is 164 Å². The molecule has 2 saturated heterocycles. The molecule has 1 amide bonds. The second kappa shape index (κ2) is 5.93. The monoisotopic (exact) mass is 381 g/mol. The molecular weight excluding hydrogens is 354 g/mol. The van der Waals surface area contributed by atoms with Gasteiger partial charge in [0.1, 0.15) is 5.82 Å². The van der Waals surface area contributed by atoms with Gasteiger partial charge < -0.3 is 15.1 Å². The number of fused-ring (bicyclic) bond motifs is 1. The SMILES string of the molecule is Cn1cc(Nc2nccc(N3C[C@]4(C)CN(C=O)C[C@@]4(C)C3C3CC3)n2)cn1. The van der Waals surface area contributed by atoms with Gasteiger partial charge in [0.15, 0.2) is 0 Å². The van der Waals surface area contributed by atoms with E-state index in [2.05, 4.69) is 34.1 Å². The number of carbonyl (C=O) groups is 1. The van der Waals surface area contributed by atoms with Gasteiger partial charge >= 0.3 is 0 Å². The lowest BCUT2D eigenvalue weighted by molar-refractivity contribution is -0.117. The Morgan fingerprint density at radius 1 is 1.25 bits per heavy atom. The highest BCUT2D eigenvalue weighted by Gasteiger charge is 2.65. The Bertz CT molecular complexity index is 909. The second-order valence-electron chi connectivity index (χ2n) is 9.16. The quantitative estimate of drug-likeness (QED) is 0.799. The molecule has 0 bridgehead atoms. The van der Waals surface area contributed by atoms with Crippen molar-refractivity contribution >= 4 is 23.9 Å². The van der Waals surface area contributed by atoms with Gasteiger partial charge in [0.25, 0.3) is 0 Å². The van der Waals surface area contributed by atoms with Crippen LogP contribution in [-0.2, 0) is 11.8 Å². The van der Waals surface area contributed by atoms with Gasteiger partial charge in [-0.3, -0.25) is 9.48 Å². The van der Waals surface area contributed by atoms with E-state index in [1.54, 1.807) is 10.9 Å². The van der Waals surface area contributed by atoms with Gasteiger partial charge in [-0.2, -0.15) is 10.1 Å². The lowest BCUT2D eigenvalue weighted by Crippen LogP contribution is -2.44. The predicted octanol–water partition coefficient (Wildman–Crippen LogP) is 2.04. The number of rotatable bonds is 5. The van der Waals surface area contributed by atoms with Crippen molar-refractivity contribution in [3.8, 4) is 0 Å². The fraction of sp³-hybridized carbons (Fsp3) is 0.600. The molecular formula is C20H27N7O. The fourth-order valence-electron chi connectivity index (χ4n) is 5.47. The Morgan fingerprint density at radius 2 is 2.07 bits per heavy atom. The fourth-order valence-corrected chi connectivity index (χ4v) is 5.47. The van der Waals surface area contributed by atoms with Crippen LogP contribution in [0.25, 0.3) is 0 Å². The van der Waals surface area contributed by atoms with E-state index >= 15 is 0 Å². The standard InChI is InChI=1S/C20H27N7O/c1-19-10-26(13-28)12-20(19,2)17(14-4-5-14)27(11-19)16-6-7-21-18(24-16)23-15-8-22-25(3)9-15/h6-9,13-14,17H,4-5,10-12H2,1-3H3,(H,21,23,24)/t17?,19-,20-/m0/s1. The van der Waals surface area contributed by atoms with Crippen molar-refractivity contribution < 1.29 is 4.79 Å². The number of aromatic nitrogens is 4. The summed E-state index contributed by atoms with van der Waals surface area (Å²) in [7, 11) is 1.88. The second-order valence-corrected chi connectivity index (χ2v) is 9.16. The first kappa shape index (κ1) is 17.5. The third kappa shape index (κ3) is 2.57. The van der Waals surface area contributed by atoms with Crippen molar-refractivity contribution in [2.75, 3.05) is 29.9 Å². The molecule has 3 aliphatic rings. The molecule has 3 fully saturated rings. The van der Waals surface area contributed by atoms with Crippen molar-refractivity contribution in [2.24, 2.45) is 23.8 Å². The van der Waals surface area contributed by atoms with E-state index in [0.717, 1.165) is 37.5 Å². The molecule has 1 aliphatic carbocycles. The Kier molecular flexibility index (Phi) is 3.70. The van der Waals surface area contributed by atoms with Gasteiger partial charge in [-0.15, -0.1) is 0 Å². The minimum atomic E-state index is 0.0725. The largest absolute Gasteiger partial charge is 0.352 e. The van der Waals surface area contributed by atoms with E-state index in [1.165, 1.54) is 12.8 Å².